The van der Waals surface area contributed by atoms with Crippen LogP contribution in [0.4, 0.5) is 0 Å². The van der Waals surface area contributed by atoms with E-state index >= 15 is 0 Å². The maximum atomic E-state index is 13.6. The SMILES string of the molecule is CCn1ncc(CN(C)C(=O)c2nc(-c3cc(C(=O)NC)nn3C)nc3ccc(Cl)cc23)c1C. The molecule has 0 aliphatic rings. The van der Waals surface area contributed by atoms with Crippen LogP contribution >= 0.6 is 11.6 Å². The van der Waals surface area contributed by atoms with Gasteiger partial charge >= 0.3 is 0 Å². The van der Waals surface area contributed by atoms with E-state index < -0.39 is 0 Å². The van der Waals surface area contributed by atoms with Gasteiger partial charge in [0.1, 0.15) is 11.4 Å². The van der Waals surface area contributed by atoms with E-state index in [0.717, 1.165) is 17.8 Å². The van der Waals surface area contributed by atoms with Crippen molar-refractivity contribution in [2.24, 2.45) is 7.05 Å². The maximum Gasteiger partial charge on any atom is 0.273 e. The van der Waals surface area contributed by atoms with Crippen LogP contribution in [0.15, 0.2) is 30.5 Å². The van der Waals surface area contributed by atoms with Crippen molar-refractivity contribution in [3.8, 4) is 11.5 Å². The van der Waals surface area contributed by atoms with E-state index in [4.69, 9.17) is 11.6 Å². The lowest BCUT2D eigenvalue weighted by atomic mass is 10.1. The molecule has 4 aromatic rings. The highest BCUT2D eigenvalue weighted by atomic mass is 35.5. The second-order valence-corrected chi connectivity index (χ2v) is 8.34. The Bertz CT molecular complexity index is 1410. The van der Waals surface area contributed by atoms with E-state index in [9.17, 15) is 9.59 Å². The largest absolute Gasteiger partial charge is 0.354 e. The van der Waals surface area contributed by atoms with Crippen LogP contribution in [0.5, 0.6) is 0 Å². The Morgan fingerprint density at radius 2 is 1.97 bits per heavy atom. The molecule has 0 aliphatic heterocycles. The molecule has 4 rings (SSSR count). The van der Waals surface area contributed by atoms with Crippen molar-refractivity contribution in [2.45, 2.75) is 26.9 Å². The predicted octanol–water partition coefficient (Wildman–Crippen LogP) is 2.84. The Labute approximate surface area is 201 Å². The molecule has 0 unspecified atom stereocenters. The number of nitrogens with zero attached hydrogens (tertiary/aromatic N) is 7. The Hall–Kier alpha value is -3.79. The van der Waals surface area contributed by atoms with Gasteiger partial charge in [-0.1, -0.05) is 11.6 Å². The summed E-state index contributed by atoms with van der Waals surface area (Å²) in [5.41, 5.74) is 3.48. The molecule has 0 bridgehead atoms. The fourth-order valence-electron chi connectivity index (χ4n) is 3.76. The molecule has 2 amide bonds. The van der Waals surface area contributed by atoms with E-state index in [1.54, 1.807) is 49.5 Å². The third-order valence-corrected chi connectivity index (χ3v) is 5.92. The minimum absolute atomic E-state index is 0.216. The smallest absolute Gasteiger partial charge is 0.273 e. The summed E-state index contributed by atoms with van der Waals surface area (Å²) in [7, 11) is 4.95. The lowest BCUT2D eigenvalue weighted by Crippen LogP contribution is -2.28. The molecule has 1 aromatic carbocycles. The summed E-state index contributed by atoms with van der Waals surface area (Å²) < 4.78 is 3.40. The van der Waals surface area contributed by atoms with Crippen molar-refractivity contribution >= 4 is 34.3 Å². The maximum absolute atomic E-state index is 13.6. The van der Waals surface area contributed by atoms with Crippen LogP contribution in [-0.4, -0.2) is 60.3 Å². The number of carbonyl (C=O) groups is 2. The number of hydrogen-bond donors (Lipinski definition) is 1. The van der Waals surface area contributed by atoms with Gasteiger partial charge in [0.2, 0.25) is 0 Å². The van der Waals surface area contributed by atoms with E-state index in [1.165, 1.54) is 11.7 Å². The van der Waals surface area contributed by atoms with Gasteiger partial charge in [-0.2, -0.15) is 10.2 Å². The summed E-state index contributed by atoms with van der Waals surface area (Å²) >= 11 is 6.23. The van der Waals surface area contributed by atoms with Crippen molar-refractivity contribution in [3.05, 3.63) is 58.1 Å². The summed E-state index contributed by atoms with van der Waals surface area (Å²) in [5.74, 6) is -0.326. The first-order valence-electron chi connectivity index (χ1n) is 10.7. The van der Waals surface area contributed by atoms with Crippen molar-refractivity contribution in [1.29, 1.82) is 0 Å². The molecule has 0 spiro atoms. The lowest BCUT2D eigenvalue weighted by Gasteiger charge is -2.18. The molecular weight excluding hydrogens is 456 g/mol. The molecule has 0 fully saturated rings. The lowest BCUT2D eigenvalue weighted by molar-refractivity contribution is 0.0781. The van der Waals surface area contributed by atoms with Gasteiger partial charge in [0, 0.05) is 62.0 Å². The van der Waals surface area contributed by atoms with Crippen LogP contribution in [-0.2, 0) is 20.1 Å². The highest BCUT2D eigenvalue weighted by Crippen LogP contribution is 2.26. The number of hydrogen-bond acceptors (Lipinski definition) is 6. The van der Waals surface area contributed by atoms with Gasteiger partial charge in [0.25, 0.3) is 11.8 Å². The van der Waals surface area contributed by atoms with Crippen LogP contribution in [0.2, 0.25) is 5.02 Å². The third-order valence-electron chi connectivity index (χ3n) is 5.69. The average Bonchev–Trinajstić information content (AvgIpc) is 3.39. The number of fused-ring (bicyclic) bond motifs is 1. The molecule has 0 aliphatic carbocycles. The number of rotatable bonds is 6. The first-order valence-corrected chi connectivity index (χ1v) is 11.1. The summed E-state index contributed by atoms with van der Waals surface area (Å²) in [6, 6.07) is 6.73. The minimum atomic E-state index is -0.326. The molecule has 0 radical (unpaired) electrons. The zero-order valence-electron chi connectivity index (χ0n) is 19.6. The van der Waals surface area contributed by atoms with Crippen LogP contribution in [0, 0.1) is 6.92 Å². The number of aromatic nitrogens is 6. The Balaban J connectivity index is 1.79. The zero-order chi connectivity index (χ0) is 24.6. The molecule has 34 heavy (non-hydrogen) atoms. The van der Waals surface area contributed by atoms with E-state index in [1.807, 2.05) is 18.5 Å². The molecule has 0 saturated carbocycles. The van der Waals surface area contributed by atoms with Crippen molar-refractivity contribution in [3.63, 3.8) is 0 Å². The summed E-state index contributed by atoms with van der Waals surface area (Å²) in [6.07, 6.45) is 1.78. The summed E-state index contributed by atoms with van der Waals surface area (Å²) in [4.78, 5) is 36.4. The highest BCUT2D eigenvalue weighted by molar-refractivity contribution is 6.31. The highest BCUT2D eigenvalue weighted by Gasteiger charge is 2.23. The van der Waals surface area contributed by atoms with Gasteiger partial charge in [-0.3, -0.25) is 19.0 Å². The van der Waals surface area contributed by atoms with Gasteiger partial charge in [0.05, 0.1) is 11.7 Å². The quantitative estimate of drug-likeness (QED) is 0.454. The second kappa shape index (κ2) is 9.22. The number of nitrogens with one attached hydrogen (secondary N) is 1. The predicted molar refractivity (Wildman–Crippen MR) is 129 cm³/mol. The number of aryl methyl sites for hydroxylation is 2. The first-order chi connectivity index (χ1) is 16.2. The van der Waals surface area contributed by atoms with Gasteiger partial charge < -0.3 is 10.2 Å². The molecule has 176 valence electrons. The fourth-order valence-corrected chi connectivity index (χ4v) is 3.93. The van der Waals surface area contributed by atoms with Gasteiger partial charge in [-0.25, -0.2) is 9.97 Å². The third kappa shape index (κ3) is 4.24. The van der Waals surface area contributed by atoms with Crippen LogP contribution in [0.1, 0.15) is 39.2 Å². The zero-order valence-corrected chi connectivity index (χ0v) is 20.4. The van der Waals surface area contributed by atoms with Crippen LogP contribution in [0.25, 0.3) is 22.4 Å². The monoisotopic (exact) mass is 480 g/mol. The minimum Gasteiger partial charge on any atom is -0.354 e. The average molecular weight is 481 g/mol. The van der Waals surface area contributed by atoms with Gasteiger partial charge in [-0.15, -0.1) is 0 Å². The first kappa shape index (κ1) is 23.4. The second-order valence-electron chi connectivity index (χ2n) is 7.91. The normalized spacial score (nSPS) is 11.1. The van der Waals surface area contributed by atoms with Crippen molar-refractivity contribution in [2.75, 3.05) is 14.1 Å². The molecule has 0 saturated heterocycles. The van der Waals surface area contributed by atoms with E-state index in [0.29, 0.717) is 28.2 Å². The number of halogens is 1. The fraction of sp³-hybridized carbons (Fsp3) is 0.304. The number of carbonyl (C=O) groups excluding carboxylic acids is 2. The van der Waals surface area contributed by atoms with Crippen LogP contribution < -0.4 is 5.32 Å². The molecular formula is C23H25ClN8O2. The number of amides is 2. The molecule has 10 nitrogen and oxygen atoms in total. The molecule has 3 heterocycles. The molecule has 3 aromatic heterocycles. The molecule has 1 N–H and O–H groups in total. The molecule has 0 atom stereocenters. The Morgan fingerprint density at radius 3 is 2.65 bits per heavy atom. The Morgan fingerprint density at radius 1 is 1.21 bits per heavy atom. The van der Waals surface area contributed by atoms with E-state index in [2.05, 4.69) is 25.5 Å². The summed E-state index contributed by atoms with van der Waals surface area (Å²) in [5, 5.41) is 12.2. The van der Waals surface area contributed by atoms with Crippen molar-refractivity contribution < 1.29 is 9.59 Å². The van der Waals surface area contributed by atoms with E-state index in [-0.39, 0.29) is 29.0 Å². The van der Waals surface area contributed by atoms with Crippen molar-refractivity contribution in [1.82, 2.24) is 39.7 Å². The standard InChI is InChI=1S/C23H25ClN8O2/c1-6-32-13(2)14(11-26-32)12-30(4)23(34)20-16-9-15(24)7-8-17(16)27-21(28-20)19-10-18(22(33)25-3)29-31(19)5/h7-11H,6,12H2,1-5H3,(H,25,33). The Kier molecular flexibility index (Phi) is 6.34. The van der Waals surface area contributed by atoms with Gasteiger partial charge in [-0.05, 0) is 32.0 Å². The van der Waals surface area contributed by atoms with Crippen LogP contribution in [0.3, 0.4) is 0 Å². The number of benzene rings is 1. The van der Waals surface area contributed by atoms with Gasteiger partial charge in [0.15, 0.2) is 11.5 Å². The molecule has 11 heteroatoms. The summed E-state index contributed by atoms with van der Waals surface area (Å²) in [6.45, 7) is 5.13. The topological polar surface area (TPSA) is 111 Å².